The number of anilines is 2. The van der Waals surface area contributed by atoms with Crippen molar-refractivity contribution in [3.63, 3.8) is 0 Å². The van der Waals surface area contributed by atoms with Crippen molar-refractivity contribution in [1.82, 2.24) is 0 Å². The summed E-state index contributed by atoms with van der Waals surface area (Å²) in [7, 11) is 0. The van der Waals surface area contributed by atoms with Crippen molar-refractivity contribution >= 4 is 35.6 Å². The van der Waals surface area contributed by atoms with Crippen molar-refractivity contribution in [2.24, 2.45) is 5.73 Å². The van der Waals surface area contributed by atoms with Crippen LogP contribution in [0.5, 0.6) is 0 Å². The van der Waals surface area contributed by atoms with Gasteiger partial charge in [-0.15, -0.1) is 12.4 Å². The van der Waals surface area contributed by atoms with Crippen LogP contribution in [0, 0.1) is 0 Å². The third-order valence-electron chi connectivity index (χ3n) is 3.72. The van der Waals surface area contributed by atoms with Crippen LogP contribution in [0.2, 0.25) is 0 Å². The van der Waals surface area contributed by atoms with E-state index in [0.717, 1.165) is 12.1 Å². The van der Waals surface area contributed by atoms with Crippen LogP contribution in [0.15, 0.2) is 48.5 Å². The molecule has 1 atom stereocenters. The summed E-state index contributed by atoms with van der Waals surface area (Å²) >= 11 is 0. The van der Waals surface area contributed by atoms with Gasteiger partial charge in [-0.1, -0.05) is 18.2 Å². The second kappa shape index (κ2) is 10.1. The molecule has 0 heterocycles. The average Bonchev–Trinajstić information content (AvgIpc) is 2.60. The average molecular weight is 416 g/mol. The number of rotatable bonds is 6. The van der Waals surface area contributed by atoms with Gasteiger partial charge in [-0.2, -0.15) is 13.2 Å². The Morgan fingerprint density at radius 3 is 2.39 bits per heavy atom. The predicted octanol–water partition coefficient (Wildman–Crippen LogP) is 4.45. The fourth-order valence-electron chi connectivity index (χ4n) is 2.33. The summed E-state index contributed by atoms with van der Waals surface area (Å²) in [4.78, 5) is 24.5. The molecule has 2 amide bonds. The molecule has 0 fully saturated rings. The first-order valence-electron chi connectivity index (χ1n) is 8.30. The van der Waals surface area contributed by atoms with Crippen molar-refractivity contribution in [3.05, 3.63) is 59.7 Å². The molecule has 0 aromatic heterocycles. The quantitative estimate of drug-likeness (QED) is 0.651. The number of alkyl halides is 3. The van der Waals surface area contributed by atoms with E-state index in [1.807, 2.05) is 0 Å². The van der Waals surface area contributed by atoms with E-state index < -0.39 is 17.6 Å². The number of nitrogens with two attached hydrogens (primary N) is 1. The minimum Gasteiger partial charge on any atom is -0.328 e. The standard InChI is InChI=1S/C19H20F3N3O2.ClH/c1-12(23)9-10-17(26)25-16-8-3-2-7-15(16)18(27)24-14-6-4-5-13(11-14)19(20,21)22;/h2-8,11-12H,9-10,23H2,1H3,(H,24,27)(H,25,26);1H. The van der Waals surface area contributed by atoms with E-state index in [-0.39, 0.29) is 47.7 Å². The molecule has 0 saturated heterocycles. The van der Waals surface area contributed by atoms with E-state index >= 15 is 0 Å². The zero-order valence-electron chi connectivity index (χ0n) is 15.0. The number of hydrogen-bond acceptors (Lipinski definition) is 3. The molecule has 4 N–H and O–H groups in total. The highest BCUT2D eigenvalue weighted by Crippen LogP contribution is 2.31. The van der Waals surface area contributed by atoms with Crippen molar-refractivity contribution in [2.75, 3.05) is 10.6 Å². The smallest absolute Gasteiger partial charge is 0.328 e. The predicted molar refractivity (Wildman–Crippen MR) is 105 cm³/mol. The van der Waals surface area contributed by atoms with Gasteiger partial charge in [0.25, 0.3) is 5.91 Å². The van der Waals surface area contributed by atoms with Gasteiger partial charge in [0.2, 0.25) is 5.91 Å². The van der Waals surface area contributed by atoms with Crippen LogP contribution in [-0.2, 0) is 11.0 Å². The zero-order valence-corrected chi connectivity index (χ0v) is 15.9. The van der Waals surface area contributed by atoms with E-state index in [2.05, 4.69) is 10.6 Å². The molecule has 0 aliphatic carbocycles. The summed E-state index contributed by atoms with van der Waals surface area (Å²) < 4.78 is 38.4. The fourth-order valence-corrected chi connectivity index (χ4v) is 2.33. The number of para-hydroxylation sites is 1. The van der Waals surface area contributed by atoms with Gasteiger partial charge in [-0.3, -0.25) is 9.59 Å². The molecule has 0 saturated carbocycles. The molecule has 28 heavy (non-hydrogen) atoms. The summed E-state index contributed by atoms with van der Waals surface area (Å²) in [6.07, 6.45) is -3.82. The maximum Gasteiger partial charge on any atom is 0.416 e. The third kappa shape index (κ3) is 6.86. The molecule has 152 valence electrons. The lowest BCUT2D eigenvalue weighted by atomic mass is 10.1. The molecule has 0 spiro atoms. The summed E-state index contributed by atoms with van der Waals surface area (Å²) in [5.41, 5.74) is 5.18. The SMILES string of the molecule is CC(N)CCC(=O)Nc1ccccc1C(=O)Nc1cccc(C(F)(F)F)c1.Cl. The summed E-state index contributed by atoms with van der Waals surface area (Å²) in [6.45, 7) is 1.78. The van der Waals surface area contributed by atoms with E-state index in [4.69, 9.17) is 5.73 Å². The van der Waals surface area contributed by atoms with Crippen LogP contribution in [0.3, 0.4) is 0 Å². The molecule has 0 radical (unpaired) electrons. The molecule has 9 heteroatoms. The Morgan fingerprint density at radius 1 is 1.07 bits per heavy atom. The first-order valence-corrected chi connectivity index (χ1v) is 8.30. The van der Waals surface area contributed by atoms with Crippen LogP contribution < -0.4 is 16.4 Å². The van der Waals surface area contributed by atoms with Gasteiger partial charge in [0, 0.05) is 18.2 Å². The van der Waals surface area contributed by atoms with E-state index in [0.29, 0.717) is 6.42 Å². The Labute approximate surface area is 166 Å². The molecule has 0 aliphatic rings. The number of nitrogens with one attached hydrogen (secondary N) is 2. The largest absolute Gasteiger partial charge is 0.416 e. The second-order valence-electron chi connectivity index (χ2n) is 6.14. The van der Waals surface area contributed by atoms with Gasteiger partial charge in [-0.25, -0.2) is 0 Å². The summed E-state index contributed by atoms with van der Waals surface area (Å²) in [5, 5.41) is 5.06. The molecular formula is C19H21ClF3N3O2. The Kier molecular flexibility index (Phi) is 8.46. The number of hydrogen-bond donors (Lipinski definition) is 3. The number of halogens is 4. The highest BCUT2D eigenvalue weighted by atomic mass is 35.5. The minimum absolute atomic E-state index is 0. The first-order chi connectivity index (χ1) is 12.7. The lowest BCUT2D eigenvalue weighted by Crippen LogP contribution is -2.21. The van der Waals surface area contributed by atoms with E-state index in [1.165, 1.54) is 18.2 Å². The van der Waals surface area contributed by atoms with Crippen molar-refractivity contribution in [3.8, 4) is 0 Å². The molecule has 2 aromatic rings. The van der Waals surface area contributed by atoms with Crippen molar-refractivity contribution < 1.29 is 22.8 Å². The Morgan fingerprint density at radius 2 is 1.75 bits per heavy atom. The number of carbonyl (C=O) groups is 2. The number of benzene rings is 2. The summed E-state index contributed by atoms with van der Waals surface area (Å²) in [5.74, 6) is -0.927. The number of amides is 2. The Hall–Kier alpha value is -2.58. The lowest BCUT2D eigenvalue weighted by Gasteiger charge is -2.13. The van der Waals surface area contributed by atoms with Crippen LogP contribution >= 0.6 is 12.4 Å². The fraction of sp³-hybridized carbons (Fsp3) is 0.263. The highest BCUT2D eigenvalue weighted by molar-refractivity contribution is 6.10. The minimum atomic E-state index is -4.51. The molecule has 2 rings (SSSR count). The van der Waals surface area contributed by atoms with Crippen molar-refractivity contribution in [1.29, 1.82) is 0 Å². The van der Waals surface area contributed by atoms with Gasteiger partial charge in [0.05, 0.1) is 16.8 Å². The van der Waals surface area contributed by atoms with Crippen LogP contribution in [0.25, 0.3) is 0 Å². The molecule has 2 aromatic carbocycles. The van der Waals surface area contributed by atoms with Gasteiger partial charge in [-0.05, 0) is 43.7 Å². The molecule has 0 aliphatic heterocycles. The van der Waals surface area contributed by atoms with Gasteiger partial charge < -0.3 is 16.4 Å². The van der Waals surface area contributed by atoms with Gasteiger partial charge in [0.15, 0.2) is 0 Å². The maximum atomic E-state index is 12.8. The lowest BCUT2D eigenvalue weighted by molar-refractivity contribution is -0.137. The number of carbonyl (C=O) groups excluding carboxylic acids is 2. The topological polar surface area (TPSA) is 84.2 Å². The van der Waals surface area contributed by atoms with Crippen LogP contribution in [0.4, 0.5) is 24.5 Å². The van der Waals surface area contributed by atoms with Gasteiger partial charge >= 0.3 is 6.18 Å². The summed E-state index contributed by atoms with van der Waals surface area (Å²) in [6, 6.07) is 10.5. The molecule has 5 nitrogen and oxygen atoms in total. The molecule has 1 unspecified atom stereocenters. The highest BCUT2D eigenvalue weighted by Gasteiger charge is 2.30. The Bertz CT molecular complexity index is 826. The van der Waals surface area contributed by atoms with Gasteiger partial charge in [0.1, 0.15) is 0 Å². The maximum absolute atomic E-state index is 12.8. The van der Waals surface area contributed by atoms with Crippen LogP contribution in [0.1, 0.15) is 35.7 Å². The molecular weight excluding hydrogens is 395 g/mol. The normalized spacial score (nSPS) is 11.9. The first kappa shape index (κ1) is 23.5. The van der Waals surface area contributed by atoms with Crippen LogP contribution in [-0.4, -0.2) is 17.9 Å². The van der Waals surface area contributed by atoms with E-state index in [9.17, 15) is 22.8 Å². The Balaban J connectivity index is 0.00000392. The second-order valence-corrected chi connectivity index (χ2v) is 6.14. The van der Waals surface area contributed by atoms with Crippen molar-refractivity contribution in [2.45, 2.75) is 32.0 Å². The zero-order chi connectivity index (χ0) is 20.0. The third-order valence-corrected chi connectivity index (χ3v) is 3.72. The molecule has 0 bridgehead atoms. The van der Waals surface area contributed by atoms with E-state index in [1.54, 1.807) is 25.1 Å². The monoisotopic (exact) mass is 415 g/mol.